The van der Waals surface area contributed by atoms with E-state index in [1.54, 1.807) is 0 Å². The first-order valence-electron chi connectivity index (χ1n) is 0.612. The molecule has 7 heavy (non-hydrogen) atoms. The van der Waals surface area contributed by atoms with Gasteiger partial charge in [-0.25, -0.2) is 0 Å². The van der Waals surface area contributed by atoms with Crippen molar-refractivity contribution < 1.29 is 15.0 Å². The van der Waals surface area contributed by atoms with Crippen LogP contribution in [0.25, 0.3) is 0 Å². The molecule has 24 valence electrons. The fourth-order valence-electron chi connectivity index (χ4n) is 0. The third-order valence-corrected chi connectivity index (χ3v) is 0. The van der Waals surface area contributed by atoms with Crippen molar-refractivity contribution in [2.24, 2.45) is 0 Å². The first-order chi connectivity index (χ1) is 1.73. The summed E-state index contributed by atoms with van der Waals surface area (Å²) in [6, 6.07) is 0. The zero-order valence-electron chi connectivity index (χ0n) is 3.72. The molecule has 0 radical (unpaired) electrons. The van der Waals surface area contributed by atoms with Crippen LogP contribution in [0.5, 0.6) is 0 Å². The topological polar surface area (TPSA) is 63.2 Å². The molecule has 0 aliphatic carbocycles. The summed E-state index contributed by atoms with van der Waals surface area (Å²) in [7, 11) is 0. The van der Waals surface area contributed by atoms with Gasteiger partial charge in [0.2, 0.25) is 0 Å². The van der Waals surface area contributed by atoms with Crippen molar-refractivity contribution in [2.45, 2.75) is 0 Å². The fourth-order valence-corrected chi connectivity index (χ4v) is 0. The molecule has 0 spiro atoms. The summed E-state index contributed by atoms with van der Waals surface area (Å²) in [5, 5.41) is 16.7. The largest absolute Gasteiger partial charge is 3.00 e. The predicted octanol–water partition coefficient (Wildman–Crippen LogP) is -3.59. The second-order valence-electron chi connectivity index (χ2n) is 0.250. The number of rotatable bonds is 0. The number of carbonyl (C=O) groups excluding carboxylic acids is 1. The maximum atomic E-state index is 8.33. The van der Waals surface area contributed by atoms with Crippen molar-refractivity contribution >= 4 is 69.6 Å². The Bertz CT molecular complexity index is 35.9. The van der Waals surface area contributed by atoms with Crippen LogP contribution in [0.1, 0.15) is 0 Å². The predicted molar refractivity (Wildman–Crippen MR) is 22.7 cm³/mol. The van der Waals surface area contributed by atoms with E-state index in [1.807, 2.05) is 0 Å². The molecule has 0 aromatic heterocycles. The Kier molecular flexibility index (Phi) is 53.4. The van der Waals surface area contributed by atoms with Crippen molar-refractivity contribution in [1.82, 2.24) is 0 Å². The summed E-state index contributed by atoms with van der Waals surface area (Å²) in [4.78, 5) is 8.33. The number of hydrogen-bond acceptors (Lipinski definition) is 3. The Balaban J connectivity index is -0.0000000150. The summed E-state index contributed by atoms with van der Waals surface area (Å²) < 4.78 is 0. The van der Waals surface area contributed by atoms with Crippen molar-refractivity contribution in [3.05, 3.63) is 0 Å². The molecule has 0 aliphatic rings. The zero-order chi connectivity index (χ0) is 3.58. The molecule has 0 fully saturated rings. The molecule has 0 atom stereocenters. The Morgan fingerprint density at radius 2 is 1.14 bits per heavy atom. The van der Waals surface area contributed by atoms with Crippen LogP contribution in [0.2, 0.25) is 0 Å². The Morgan fingerprint density at radius 1 is 1.14 bits per heavy atom. The summed E-state index contributed by atoms with van der Waals surface area (Å²) in [6.07, 6.45) is -2.33. The monoisotopic (exact) mass is 135 g/mol. The summed E-state index contributed by atoms with van der Waals surface area (Å²) in [5.41, 5.74) is 0. The molecule has 0 saturated heterocycles. The Morgan fingerprint density at radius 3 is 1.14 bits per heavy atom. The third-order valence-electron chi connectivity index (χ3n) is 0. The summed E-state index contributed by atoms with van der Waals surface area (Å²) >= 11 is 0. The zero-order valence-corrected chi connectivity index (χ0v) is 7.70. The van der Waals surface area contributed by atoms with Crippen molar-refractivity contribution in [3.8, 4) is 0 Å². The van der Waals surface area contributed by atoms with Crippen LogP contribution in [0.4, 0.5) is 4.79 Å². The van der Waals surface area contributed by atoms with E-state index in [4.69, 9.17) is 15.0 Å². The minimum Gasteiger partial charge on any atom is -0.652 e. The SMILES string of the molecule is O=C([O-])[O-].[Al+3].[Mg+2].[Mg+2]. The van der Waals surface area contributed by atoms with Gasteiger partial charge in [-0.2, -0.15) is 0 Å². The van der Waals surface area contributed by atoms with Gasteiger partial charge in [0.15, 0.2) is 0 Å². The molecule has 0 N–H and O–H groups in total. The summed E-state index contributed by atoms with van der Waals surface area (Å²) in [6.45, 7) is 0. The molecule has 0 aliphatic heterocycles. The quantitative estimate of drug-likeness (QED) is 0.323. The van der Waals surface area contributed by atoms with E-state index in [2.05, 4.69) is 0 Å². The minimum absolute atomic E-state index is 0. The van der Waals surface area contributed by atoms with Gasteiger partial charge in [0.25, 0.3) is 0 Å². The van der Waals surface area contributed by atoms with Gasteiger partial charge in [0.05, 0.1) is 0 Å². The molecule has 0 heterocycles. The van der Waals surface area contributed by atoms with Gasteiger partial charge < -0.3 is 15.0 Å². The van der Waals surface area contributed by atoms with Crippen molar-refractivity contribution in [3.63, 3.8) is 0 Å². The van der Waals surface area contributed by atoms with E-state index in [0.717, 1.165) is 0 Å². The van der Waals surface area contributed by atoms with Crippen LogP contribution in [0, 0.1) is 0 Å². The standard InChI is InChI=1S/CH2O3.Al.2Mg/c2-1(3)4;;;/h(H2,2,3,4);;;/q;+3;2*+2/p-2. The van der Waals surface area contributed by atoms with Crippen LogP contribution in [-0.4, -0.2) is 69.6 Å². The first kappa shape index (κ1) is 23.9. The van der Waals surface area contributed by atoms with Gasteiger partial charge in [-0.15, -0.1) is 0 Å². The Hall–Kier alpha value is 1.33. The van der Waals surface area contributed by atoms with Crippen LogP contribution >= 0.6 is 0 Å². The molecule has 0 unspecified atom stereocenters. The molecule has 0 aromatic rings. The van der Waals surface area contributed by atoms with Crippen LogP contribution in [0.15, 0.2) is 0 Å². The number of carbonyl (C=O) groups is 1. The number of hydrogen-bond donors (Lipinski definition) is 0. The maximum absolute atomic E-state index is 8.33. The van der Waals surface area contributed by atoms with Gasteiger partial charge in [-0.3, -0.25) is 0 Å². The van der Waals surface area contributed by atoms with E-state index < -0.39 is 6.16 Å². The molecular weight excluding hydrogens is 136 g/mol. The third kappa shape index (κ3) is 117. The van der Waals surface area contributed by atoms with Crippen LogP contribution in [0.3, 0.4) is 0 Å². The number of carboxylic acid groups (broad SMARTS) is 2. The molecule has 6 heteroatoms. The molecule has 3 nitrogen and oxygen atoms in total. The first-order valence-corrected chi connectivity index (χ1v) is 0.612. The van der Waals surface area contributed by atoms with E-state index in [0.29, 0.717) is 0 Å². The molecular formula is CAlMg2O3+5. The summed E-state index contributed by atoms with van der Waals surface area (Å²) in [5.74, 6) is 0. The van der Waals surface area contributed by atoms with Crippen LogP contribution in [-0.2, 0) is 0 Å². The molecule has 0 amide bonds. The van der Waals surface area contributed by atoms with Gasteiger partial charge in [0, 0.05) is 0 Å². The van der Waals surface area contributed by atoms with E-state index in [-0.39, 0.29) is 63.5 Å². The van der Waals surface area contributed by atoms with Gasteiger partial charge >= 0.3 is 63.5 Å². The normalized spacial score (nSPS) is 3.43. The van der Waals surface area contributed by atoms with Crippen molar-refractivity contribution in [1.29, 1.82) is 0 Å². The van der Waals surface area contributed by atoms with Crippen molar-refractivity contribution in [2.75, 3.05) is 0 Å². The van der Waals surface area contributed by atoms with Gasteiger partial charge in [-0.1, -0.05) is 0 Å². The smallest absolute Gasteiger partial charge is 0.652 e. The second-order valence-corrected chi connectivity index (χ2v) is 0.250. The molecule has 0 rings (SSSR count). The van der Waals surface area contributed by atoms with Gasteiger partial charge in [-0.05, 0) is 6.16 Å². The van der Waals surface area contributed by atoms with Crippen LogP contribution < -0.4 is 10.2 Å². The average molecular weight is 136 g/mol. The van der Waals surface area contributed by atoms with E-state index in [9.17, 15) is 0 Å². The van der Waals surface area contributed by atoms with E-state index >= 15 is 0 Å². The Labute approximate surface area is 83.9 Å². The average Bonchev–Trinajstić information content (AvgIpc) is 0.811. The molecule has 0 bridgehead atoms. The molecule has 0 aromatic carbocycles. The van der Waals surface area contributed by atoms with Gasteiger partial charge in [0.1, 0.15) is 0 Å². The maximum Gasteiger partial charge on any atom is 3.00 e. The fraction of sp³-hybridized carbons (Fsp3) is 0. The molecule has 0 saturated carbocycles. The minimum atomic E-state index is -2.33. The second kappa shape index (κ2) is 15.7. The van der Waals surface area contributed by atoms with E-state index in [1.165, 1.54) is 0 Å².